The van der Waals surface area contributed by atoms with E-state index in [0.717, 1.165) is 28.8 Å². The number of benzene rings is 2. The Bertz CT molecular complexity index is 1410. The van der Waals surface area contributed by atoms with Gasteiger partial charge in [-0.25, -0.2) is 0 Å². The second kappa shape index (κ2) is 12.3. The molecule has 3 aliphatic heterocycles. The molecule has 2 bridgehead atoms. The fourth-order valence-corrected chi connectivity index (χ4v) is 9.78. The molecule has 6 atom stereocenters. The Hall–Kier alpha value is -3.36. The number of nitrogens with zero attached hydrogens (tertiary/aromatic N) is 2. The molecular weight excluding hydrogens is 560 g/mol. The van der Waals surface area contributed by atoms with Gasteiger partial charge in [0.1, 0.15) is 6.04 Å². The molecule has 2 unspecified atom stereocenters. The van der Waals surface area contributed by atoms with Gasteiger partial charge < -0.3 is 19.6 Å². The van der Waals surface area contributed by atoms with Crippen molar-refractivity contribution in [2.45, 2.75) is 68.0 Å². The quantitative estimate of drug-likeness (QED) is 0.195. The largest absolute Gasteiger partial charge is 0.465 e. The number of anilines is 1. The number of aliphatic hydroxyl groups is 1. The van der Waals surface area contributed by atoms with Gasteiger partial charge in [0.2, 0.25) is 5.91 Å². The van der Waals surface area contributed by atoms with Crippen molar-refractivity contribution < 1.29 is 24.2 Å². The van der Waals surface area contributed by atoms with Crippen molar-refractivity contribution in [3.05, 3.63) is 90.5 Å². The lowest BCUT2D eigenvalue weighted by Gasteiger charge is -2.40. The van der Waals surface area contributed by atoms with E-state index in [2.05, 4.69) is 13.2 Å². The number of ether oxygens (including phenoxy) is 1. The van der Waals surface area contributed by atoms with Crippen LogP contribution in [0.5, 0.6) is 0 Å². The number of thioether (sulfide) groups is 1. The van der Waals surface area contributed by atoms with Crippen molar-refractivity contribution in [1.82, 2.24) is 4.90 Å². The lowest BCUT2D eigenvalue weighted by atomic mass is 9.66. The van der Waals surface area contributed by atoms with Crippen LogP contribution in [0.15, 0.2) is 73.8 Å². The molecule has 2 aromatic carbocycles. The first-order valence-electron chi connectivity index (χ1n) is 15.1. The van der Waals surface area contributed by atoms with E-state index in [1.54, 1.807) is 33.7 Å². The normalized spacial score (nSPS) is 28.0. The summed E-state index contributed by atoms with van der Waals surface area (Å²) < 4.78 is 4.38. The number of unbranched alkanes of at least 4 members (excludes halogenated alkanes) is 1. The average Bonchev–Trinajstić information content (AvgIpc) is 3.57. The molecule has 0 aromatic heterocycles. The fraction of sp³-hybridized carbons (Fsp3) is 0.457. The van der Waals surface area contributed by atoms with E-state index in [4.69, 9.17) is 4.74 Å². The summed E-state index contributed by atoms with van der Waals surface area (Å²) in [6.45, 7) is 13.8. The SMILES string of the molecule is C=CCCCOC(=O)[C@@H]1[C@H]2C(=O)N([C@H](CO)c3ccccc3)C(C(=O)N(CC=C)c3cc(C)ccc3C)C23CC[C@@]1(C)S3. The van der Waals surface area contributed by atoms with Crippen LogP contribution in [0, 0.1) is 25.7 Å². The number of esters is 1. The zero-order valence-corrected chi connectivity index (χ0v) is 26.1. The van der Waals surface area contributed by atoms with Crippen molar-refractivity contribution in [1.29, 1.82) is 0 Å². The van der Waals surface area contributed by atoms with Gasteiger partial charge in [0.25, 0.3) is 5.91 Å². The molecule has 228 valence electrons. The van der Waals surface area contributed by atoms with Crippen molar-refractivity contribution >= 4 is 35.2 Å². The smallest absolute Gasteiger partial charge is 0.311 e. The molecule has 1 N–H and O–H groups in total. The molecule has 43 heavy (non-hydrogen) atoms. The number of allylic oxidation sites excluding steroid dienone is 1. The highest BCUT2D eigenvalue weighted by Crippen LogP contribution is 2.72. The van der Waals surface area contributed by atoms with Crippen LogP contribution in [0.2, 0.25) is 0 Å². The molecule has 3 heterocycles. The highest BCUT2D eigenvalue weighted by Gasteiger charge is 2.78. The van der Waals surface area contributed by atoms with Crippen molar-refractivity contribution in [3.8, 4) is 0 Å². The first-order chi connectivity index (χ1) is 20.6. The maximum atomic E-state index is 15.0. The minimum atomic E-state index is -0.896. The Morgan fingerprint density at radius 3 is 2.58 bits per heavy atom. The van der Waals surface area contributed by atoms with Gasteiger partial charge >= 0.3 is 5.97 Å². The number of likely N-dealkylation sites (tertiary alicyclic amines) is 1. The summed E-state index contributed by atoms with van der Waals surface area (Å²) in [6, 6.07) is 13.7. The Morgan fingerprint density at radius 2 is 1.91 bits per heavy atom. The number of carbonyl (C=O) groups is 3. The third-order valence-electron chi connectivity index (χ3n) is 9.43. The molecule has 3 saturated heterocycles. The van der Waals surface area contributed by atoms with Gasteiger partial charge in [-0.15, -0.1) is 24.9 Å². The zero-order chi connectivity index (χ0) is 30.9. The van der Waals surface area contributed by atoms with Crippen LogP contribution >= 0.6 is 11.8 Å². The number of amides is 2. The van der Waals surface area contributed by atoms with Gasteiger partial charge in [0.05, 0.1) is 35.8 Å². The molecule has 3 fully saturated rings. The highest BCUT2D eigenvalue weighted by atomic mass is 32.2. The van der Waals surface area contributed by atoms with Gasteiger partial charge in [-0.2, -0.15) is 0 Å². The minimum Gasteiger partial charge on any atom is -0.465 e. The molecular formula is C35H42N2O5S. The van der Waals surface area contributed by atoms with Gasteiger partial charge in [0, 0.05) is 17.0 Å². The molecule has 0 saturated carbocycles. The van der Waals surface area contributed by atoms with E-state index in [0.29, 0.717) is 19.3 Å². The monoisotopic (exact) mass is 602 g/mol. The first kappa shape index (κ1) is 31.1. The topological polar surface area (TPSA) is 87.1 Å². The predicted octanol–water partition coefficient (Wildman–Crippen LogP) is 5.55. The van der Waals surface area contributed by atoms with Crippen LogP contribution in [0.25, 0.3) is 0 Å². The number of aliphatic hydroxyl groups excluding tert-OH is 1. The number of rotatable bonds is 12. The molecule has 7 nitrogen and oxygen atoms in total. The Morgan fingerprint density at radius 1 is 1.16 bits per heavy atom. The van der Waals surface area contributed by atoms with Crippen LogP contribution in [-0.4, -0.2) is 63.1 Å². The predicted molar refractivity (Wildman–Crippen MR) is 171 cm³/mol. The summed E-state index contributed by atoms with van der Waals surface area (Å²) in [7, 11) is 0. The zero-order valence-electron chi connectivity index (χ0n) is 25.3. The summed E-state index contributed by atoms with van der Waals surface area (Å²) >= 11 is 1.60. The standard InChI is InChI=1S/C35H42N2O5S/c1-6-8-12-20-42-33(41)29-28-31(39)37(27(22-38)25-13-10-9-11-14-25)30(35(28)18-17-34(29,5)43-35)32(40)36(19-7-2)26-21-23(3)15-16-24(26)4/h6-7,9-11,13-16,21,27-30,38H,1-2,8,12,17-20,22H2,3-5H3/t27-,28+,29+,30?,34-,35?/m1/s1. The maximum Gasteiger partial charge on any atom is 0.311 e. The summed E-state index contributed by atoms with van der Waals surface area (Å²) in [5.74, 6) is -2.31. The number of hydrogen-bond acceptors (Lipinski definition) is 6. The van der Waals surface area contributed by atoms with E-state index in [9.17, 15) is 14.7 Å². The molecule has 8 heteroatoms. The molecule has 1 spiro atoms. The number of aryl methyl sites for hydroxylation is 2. The lowest BCUT2D eigenvalue weighted by molar-refractivity contribution is -0.156. The molecule has 0 aliphatic carbocycles. The van der Waals surface area contributed by atoms with Crippen LogP contribution in [0.4, 0.5) is 5.69 Å². The van der Waals surface area contributed by atoms with Crippen LogP contribution in [0.3, 0.4) is 0 Å². The third kappa shape index (κ3) is 5.22. The van der Waals surface area contributed by atoms with E-state index < -0.39 is 33.4 Å². The van der Waals surface area contributed by atoms with Crippen molar-refractivity contribution in [3.63, 3.8) is 0 Å². The van der Waals surface area contributed by atoms with E-state index >= 15 is 4.79 Å². The Labute approximate surface area is 259 Å². The molecule has 5 rings (SSSR count). The second-order valence-electron chi connectivity index (χ2n) is 12.2. The van der Waals surface area contributed by atoms with Gasteiger partial charge in [-0.3, -0.25) is 14.4 Å². The van der Waals surface area contributed by atoms with Crippen LogP contribution in [-0.2, 0) is 19.1 Å². The average molecular weight is 603 g/mol. The molecule has 0 radical (unpaired) electrons. The molecule has 2 amide bonds. The van der Waals surface area contributed by atoms with E-state index in [-0.39, 0.29) is 37.5 Å². The summed E-state index contributed by atoms with van der Waals surface area (Å²) in [5.41, 5.74) is 3.45. The summed E-state index contributed by atoms with van der Waals surface area (Å²) in [4.78, 5) is 46.8. The van der Waals surface area contributed by atoms with Crippen LogP contribution < -0.4 is 4.90 Å². The first-order valence-corrected chi connectivity index (χ1v) is 15.9. The molecule has 3 aliphatic rings. The number of hydrogen-bond donors (Lipinski definition) is 1. The second-order valence-corrected chi connectivity index (χ2v) is 14.1. The third-order valence-corrected chi connectivity index (χ3v) is 11.4. The van der Waals surface area contributed by atoms with E-state index in [1.165, 1.54) is 0 Å². The fourth-order valence-electron chi connectivity index (χ4n) is 7.45. The van der Waals surface area contributed by atoms with Crippen LogP contribution in [0.1, 0.15) is 55.3 Å². The number of carbonyl (C=O) groups excluding carboxylic acids is 3. The Kier molecular flexibility index (Phi) is 8.91. The lowest BCUT2D eigenvalue weighted by Crippen LogP contribution is -2.56. The van der Waals surface area contributed by atoms with Crippen molar-refractivity contribution in [2.24, 2.45) is 11.8 Å². The molecule has 2 aromatic rings. The maximum absolute atomic E-state index is 15.0. The van der Waals surface area contributed by atoms with E-state index in [1.807, 2.05) is 69.3 Å². The highest BCUT2D eigenvalue weighted by molar-refractivity contribution is 8.02. The van der Waals surface area contributed by atoms with Gasteiger partial charge in [-0.1, -0.05) is 54.6 Å². The summed E-state index contributed by atoms with van der Waals surface area (Å²) in [6.07, 6.45) is 6.17. The minimum absolute atomic E-state index is 0.226. The number of fused-ring (bicyclic) bond motifs is 1. The Balaban J connectivity index is 1.63. The summed E-state index contributed by atoms with van der Waals surface area (Å²) in [5, 5.41) is 10.8. The van der Waals surface area contributed by atoms with Crippen molar-refractivity contribution in [2.75, 3.05) is 24.7 Å². The van der Waals surface area contributed by atoms with Gasteiger partial charge in [-0.05, 0) is 69.2 Å². The van der Waals surface area contributed by atoms with Gasteiger partial charge in [0.15, 0.2) is 0 Å².